The second kappa shape index (κ2) is 9.14. The number of anilines is 1. The summed E-state index contributed by atoms with van der Waals surface area (Å²) in [4.78, 5) is 38.7. The Morgan fingerprint density at radius 1 is 1.17 bits per heavy atom. The van der Waals surface area contributed by atoms with Gasteiger partial charge in [0.1, 0.15) is 0 Å². The maximum absolute atomic E-state index is 13.9. The summed E-state index contributed by atoms with van der Waals surface area (Å²) < 4.78 is 4.69. The lowest BCUT2D eigenvalue weighted by Gasteiger charge is -2.31. The molecule has 1 atom stereocenters. The van der Waals surface area contributed by atoms with E-state index in [1.54, 1.807) is 13.2 Å². The fourth-order valence-corrected chi connectivity index (χ4v) is 4.84. The average molecular weight is 474 g/mol. The molecule has 1 unspecified atom stereocenters. The highest BCUT2D eigenvalue weighted by Crippen LogP contribution is 2.23. The lowest BCUT2D eigenvalue weighted by Crippen LogP contribution is -2.44. The number of benzene rings is 1. The van der Waals surface area contributed by atoms with Gasteiger partial charge < -0.3 is 15.2 Å². The SMILES string of the molecule is CC(C)=CCn1c(N2CCCC(N)C2)nc2c1c(=O)n(Cc1cccc3cccnc13)c(=O)n2C. The first-order chi connectivity index (χ1) is 16.8. The predicted molar refractivity (Wildman–Crippen MR) is 139 cm³/mol. The van der Waals surface area contributed by atoms with Crippen molar-refractivity contribution in [2.24, 2.45) is 12.8 Å². The third-order valence-electron chi connectivity index (χ3n) is 6.68. The largest absolute Gasteiger partial charge is 0.341 e. The van der Waals surface area contributed by atoms with E-state index in [1.165, 1.54) is 9.13 Å². The van der Waals surface area contributed by atoms with E-state index in [4.69, 9.17) is 10.7 Å². The highest BCUT2D eigenvalue weighted by Gasteiger charge is 2.26. The maximum atomic E-state index is 13.9. The van der Waals surface area contributed by atoms with Crippen LogP contribution >= 0.6 is 0 Å². The molecule has 0 spiro atoms. The lowest BCUT2D eigenvalue weighted by atomic mass is 10.1. The number of aryl methyl sites for hydroxylation is 1. The summed E-state index contributed by atoms with van der Waals surface area (Å²) in [5.41, 5.74) is 9.06. The van der Waals surface area contributed by atoms with Gasteiger partial charge in [0.2, 0.25) is 5.95 Å². The molecule has 4 aromatic rings. The van der Waals surface area contributed by atoms with Crippen LogP contribution in [0.1, 0.15) is 32.3 Å². The Morgan fingerprint density at radius 2 is 1.97 bits per heavy atom. The van der Waals surface area contributed by atoms with Crippen molar-refractivity contribution in [3.63, 3.8) is 0 Å². The second-order valence-corrected chi connectivity index (χ2v) is 9.55. The minimum atomic E-state index is -0.399. The number of pyridine rings is 1. The molecule has 9 heteroatoms. The van der Waals surface area contributed by atoms with Crippen LogP contribution in [0.2, 0.25) is 0 Å². The summed E-state index contributed by atoms with van der Waals surface area (Å²) in [6.07, 6.45) is 5.72. The molecule has 1 fully saturated rings. The fraction of sp³-hybridized carbons (Fsp3) is 0.385. The number of hydrogen-bond acceptors (Lipinski definition) is 6. The third kappa shape index (κ3) is 4.16. The van der Waals surface area contributed by atoms with E-state index in [0.29, 0.717) is 30.2 Å². The number of fused-ring (bicyclic) bond motifs is 2. The van der Waals surface area contributed by atoms with Crippen molar-refractivity contribution in [2.75, 3.05) is 18.0 Å². The summed E-state index contributed by atoms with van der Waals surface area (Å²) >= 11 is 0. The molecule has 0 amide bonds. The van der Waals surface area contributed by atoms with Crippen LogP contribution in [0.3, 0.4) is 0 Å². The Labute approximate surface area is 203 Å². The van der Waals surface area contributed by atoms with Crippen molar-refractivity contribution in [1.82, 2.24) is 23.7 Å². The predicted octanol–water partition coefficient (Wildman–Crippen LogP) is 2.39. The molecule has 3 aromatic heterocycles. The Hall–Kier alpha value is -3.72. The molecule has 1 aliphatic heterocycles. The summed E-state index contributed by atoms with van der Waals surface area (Å²) in [5, 5.41) is 0.966. The summed E-state index contributed by atoms with van der Waals surface area (Å²) in [5.74, 6) is 0.685. The van der Waals surface area contributed by atoms with Crippen LogP contribution in [-0.4, -0.2) is 42.8 Å². The molecule has 1 saturated heterocycles. The van der Waals surface area contributed by atoms with Gasteiger partial charge in [-0.3, -0.25) is 18.9 Å². The van der Waals surface area contributed by atoms with Gasteiger partial charge in [-0.15, -0.1) is 0 Å². The van der Waals surface area contributed by atoms with Crippen molar-refractivity contribution in [3.8, 4) is 0 Å². The molecule has 1 aliphatic rings. The van der Waals surface area contributed by atoms with Crippen molar-refractivity contribution in [3.05, 3.63) is 74.6 Å². The molecule has 182 valence electrons. The third-order valence-corrected chi connectivity index (χ3v) is 6.68. The highest BCUT2D eigenvalue weighted by atomic mass is 16.2. The van der Waals surface area contributed by atoms with Crippen LogP contribution in [0, 0.1) is 0 Å². The Kier molecular flexibility index (Phi) is 6.02. The van der Waals surface area contributed by atoms with E-state index >= 15 is 0 Å². The van der Waals surface area contributed by atoms with Gasteiger partial charge in [0.25, 0.3) is 5.56 Å². The Balaban J connectivity index is 1.72. The number of imidazole rings is 1. The molecule has 0 radical (unpaired) electrons. The van der Waals surface area contributed by atoms with E-state index in [1.807, 2.05) is 48.7 Å². The lowest BCUT2D eigenvalue weighted by molar-refractivity contribution is 0.495. The van der Waals surface area contributed by atoms with Gasteiger partial charge in [-0.25, -0.2) is 4.79 Å². The first-order valence-electron chi connectivity index (χ1n) is 12.0. The normalized spacial score (nSPS) is 16.2. The van der Waals surface area contributed by atoms with Gasteiger partial charge in [-0.05, 0) is 38.3 Å². The van der Waals surface area contributed by atoms with Crippen molar-refractivity contribution in [2.45, 2.75) is 45.8 Å². The minimum absolute atomic E-state index is 0.0554. The number of nitrogens with two attached hydrogens (primary N) is 1. The van der Waals surface area contributed by atoms with Gasteiger partial charge in [0, 0.05) is 44.3 Å². The zero-order chi connectivity index (χ0) is 24.7. The zero-order valence-corrected chi connectivity index (χ0v) is 20.4. The molecule has 0 saturated carbocycles. The topological polar surface area (TPSA) is 104 Å². The van der Waals surface area contributed by atoms with E-state index < -0.39 is 5.69 Å². The van der Waals surface area contributed by atoms with Crippen LogP contribution < -0.4 is 21.9 Å². The zero-order valence-electron chi connectivity index (χ0n) is 20.4. The Morgan fingerprint density at radius 3 is 2.74 bits per heavy atom. The summed E-state index contributed by atoms with van der Waals surface area (Å²) in [6.45, 7) is 6.16. The van der Waals surface area contributed by atoms with Crippen molar-refractivity contribution in [1.29, 1.82) is 0 Å². The molecule has 9 nitrogen and oxygen atoms in total. The minimum Gasteiger partial charge on any atom is -0.341 e. The number of rotatable bonds is 5. The maximum Gasteiger partial charge on any atom is 0.332 e. The van der Waals surface area contributed by atoms with Crippen LogP contribution in [0.25, 0.3) is 22.1 Å². The average Bonchev–Trinajstić information content (AvgIpc) is 3.24. The molecular formula is C26H31N7O2. The van der Waals surface area contributed by atoms with E-state index in [9.17, 15) is 9.59 Å². The Bertz CT molecular complexity index is 1550. The van der Waals surface area contributed by atoms with Gasteiger partial charge in [-0.1, -0.05) is 35.9 Å². The van der Waals surface area contributed by atoms with Gasteiger partial charge in [0.05, 0.1) is 12.1 Å². The van der Waals surface area contributed by atoms with E-state index in [2.05, 4.69) is 16.0 Å². The van der Waals surface area contributed by atoms with Crippen LogP contribution in [-0.2, 0) is 20.1 Å². The number of piperidine rings is 1. The summed E-state index contributed by atoms with van der Waals surface area (Å²) in [7, 11) is 1.67. The van der Waals surface area contributed by atoms with E-state index in [-0.39, 0.29) is 18.1 Å². The quantitative estimate of drug-likeness (QED) is 0.447. The highest BCUT2D eigenvalue weighted by molar-refractivity contribution is 5.81. The number of aromatic nitrogens is 5. The number of nitrogens with zero attached hydrogens (tertiary/aromatic N) is 6. The smallest absolute Gasteiger partial charge is 0.332 e. The molecule has 4 heterocycles. The second-order valence-electron chi connectivity index (χ2n) is 9.55. The van der Waals surface area contributed by atoms with Crippen molar-refractivity contribution < 1.29 is 0 Å². The van der Waals surface area contributed by atoms with Crippen LogP contribution in [0.4, 0.5) is 5.95 Å². The summed E-state index contributed by atoms with van der Waals surface area (Å²) in [6, 6.07) is 9.70. The molecule has 2 N–H and O–H groups in total. The monoisotopic (exact) mass is 473 g/mol. The van der Waals surface area contributed by atoms with Crippen LogP contribution in [0.15, 0.2) is 57.8 Å². The number of hydrogen-bond donors (Lipinski definition) is 1. The molecule has 5 rings (SSSR count). The first kappa shape index (κ1) is 23.0. The molecule has 0 bridgehead atoms. The van der Waals surface area contributed by atoms with Crippen molar-refractivity contribution >= 4 is 28.0 Å². The van der Waals surface area contributed by atoms with Gasteiger partial charge >= 0.3 is 5.69 Å². The van der Waals surface area contributed by atoms with Gasteiger partial charge in [-0.2, -0.15) is 4.98 Å². The molecule has 35 heavy (non-hydrogen) atoms. The molecule has 0 aliphatic carbocycles. The number of allylic oxidation sites excluding steroid dienone is 2. The fourth-order valence-electron chi connectivity index (χ4n) is 4.84. The number of para-hydroxylation sites is 1. The molecular weight excluding hydrogens is 442 g/mol. The molecule has 1 aromatic carbocycles. The van der Waals surface area contributed by atoms with Crippen LogP contribution in [0.5, 0.6) is 0 Å². The van der Waals surface area contributed by atoms with Gasteiger partial charge in [0.15, 0.2) is 11.2 Å². The van der Waals surface area contributed by atoms with E-state index in [0.717, 1.165) is 41.4 Å². The standard InChI is InChI=1S/C26H31N7O2/c1-17(2)11-14-32-22-23(29-25(32)31-13-6-10-20(27)16-31)30(3)26(35)33(24(22)34)15-19-8-4-7-18-9-5-12-28-21(18)19/h4-5,7-9,11-12,20H,6,10,13-16,27H2,1-3H3. The first-order valence-corrected chi connectivity index (χ1v) is 12.0.